The van der Waals surface area contributed by atoms with Crippen LogP contribution in [0.15, 0.2) is 52.2 Å². The summed E-state index contributed by atoms with van der Waals surface area (Å²) in [5.74, 6) is 3.01. The molecule has 2 aliphatic heterocycles. The first-order chi connectivity index (χ1) is 13.9. The summed E-state index contributed by atoms with van der Waals surface area (Å²) >= 11 is 0. The SMILES string of the molecule is I.c1ccc(N2CCN(C(=NCC3CCCO3)NCCc3ccco3)CC2)nc1. The maximum absolute atomic E-state index is 5.74. The minimum atomic E-state index is 0. The number of piperazine rings is 1. The highest BCUT2D eigenvalue weighted by atomic mass is 127. The van der Waals surface area contributed by atoms with Crippen LogP contribution in [-0.4, -0.2) is 67.8 Å². The maximum atomic E-state index is 5.74. The molecule has 0 radical (unpaired) electrons. The zero-order valence-corrected chi connectivity index (χ0v) is 19.0. The van der Waals surface area contributed by atoms with Crippen molar-refractivity contribution in [2.24, 2.45) is 4.99 Å². The molecule has 4 rings (SSSR count). The standard InChI is InChI=1S/C21H29N5O2.HI/c1-2-9-22-20(7-1)25-11-13-26(14-12-25)21(24-17-19-6-4-16-28-19)23-10-8-18-5-3-15-27-18;/h1-3,5,7,9,15,19H,4,6,8,10-14,16-17H2,(H,23,24);1H. The molecule has 1 unspecified atom stereocenters. The van der Waals surface area contributed by atoms with Gasteiger partial charge in [0.1, 0.15) is 11.6 Å². The van der Waals surface area contributed by atoms with Crippen LogP contribution in [0.3, 0.4) is 0 Å². The molecule has 29 heavy (non-hydrogen) atoms. The average Bonchev–Trinajstić information content (AvgIpc) is 3.46. The minimum Gasteiger partial charge on any atom is -0.469 e. The Balaban J connectivity index is 0.00000240. The number of furan rings is 1. The summed E-state index contributed by atoms with van der Waals surface area (Å²) in [4.78, 5) is 14.0. The Morgan fingerprint density at radius 1 is 1.17 bits per heavy atom. The van der Waals surface area contributed by atoms with Crippen molar-refractivity contribution in [3.05, 3.63) is 48.6 Å². The van der Waals surface area contributed by atoms with E-state index in [2.05, 4.69) is 26.2 Å². The number of ether oxygens (including phenoxy) is 1. The molecular formula is C21H30IN5O2. The number of guanidine groups is 1. The van der Waals surface area contributed by atoms with Crippen LogP contribution in [0.25, 0.3) is 0 Å². The number of halogens is 1. The van der Waals surface area contributed by atoms with E-state index < -0.39 is 0 Å². The largest absolute Gasteiger partial charge is 0.469 e. The molecule has 2 saturated heterocycles. The molecule has 0 saturated carbocycles. The number of pyridine rings is 1. The normalized spacial score (nSPS) is 19.9. The molecule has 2 fully saturated rings. The van der Waals surface area contributed by atoms with Gasteiger partial charge in [-0.1, -0.05) is 6.07 Å². The van der Waals surface area contributed by atoms with Gasteiger partial charge in [0.15, 0.2) is 5.96 Å². The Morgan fingerprint density at radius 2 is 2.07 bits per heavy atom. The topological polar surface area (TPSA) is 66.1 Å². The summed E-state index contributed by atoms with van der Waals surface area (Å²) in [5.41, 5.74) is 0. The molecule has 2 aromatic rings. The second-order valence-corrected chi connectivity index (χ2v) is 7.22. The highest BCUT2D eigenvalue weighted by Gasteiger charge is 2.22. The van der Waals surface area contributed by atoms with Crippen LogP contribution < -0.4 is 10.2 Å². The third-order valence-electron chi connectivity index (χ3n) is 5.26. The number of aliphatic imine (C=N–C) groups is 1. The molecule has 4 heterocycles. The van der Waals surface area contributed by atoms with Crippen molar-refractivity contribution in [1.29, 1.82) is 0 Å². The van der Waals surface area contributed by atoms with E-state index in [4.69, 9.17) is 14.1 Å². The number of hydrogen-bond donors (Lipinski definition) is 1. The van der Waals surface area contributed by atoms with Gasteiger partial charge in [0.2, 0.25) is 0 Å². The first kappa shape index (κ1) is 21.9. The number of hydrogen-bond acceptors (Lipinski definition) is 5. The number of anilines is 1. The van der Waals surface area contributed by atoms with Crippen molar-refractivity contribution in [2.45, 2.75) is 25.4 Å². The smallest absolute Gasteiger partial charge is 0.194 e. The number of aromatic nitrogens is 1. The van der Waals surface area contributed by atoms with E-state index >= 15 is 0 Å². The summed E-state index contributed by atoms with van der Waals surface area (Å²) in [7, 11) is 0. The molecule has 2 aromatic heterocycles. The summed E-state index contributed by atoms with van der Waals surface area (Å²) in [6, 6.07) is 10.0. The molecule has 1 N–H and O–H groups in total. The highest BCUT2D eigenvalue weighted by Crippen LogP contribution is 2.14. The number of nitrogens with zero attached hydrogens (tertiary/aromatic N) is 4. The highest BCUT2D eigenvalue weighted by molar-refractivity contribution is 14.0. The van der Waals surface area contributed by atoms with E-state index in [1.54, 1.807) is 6.26 Å². The molecule has 0 amide bonds. The molecule has 2 aliphatic rings. The van der Waals surface area contributed by atoms with E-state index in [1.807, 2.05) is 30.5 Å². The Labute approximate surface area is 189 Å². The van der Waals surface area contributed by atoms with Crippen molar-refractivity contribution in [1.82, 2.24) is 15.2 Å². The lowest BCUT2D eigenvalue weighted by Crippen LogP contribution is -2.53. The molecule has 1 atom stereocenters. The molecule has 0 aromatic carbocycles. The van der Waals surface area contributed by atoms with Gasteiger partial charge >= 0.3 is 0 Å². The third-order valence-corrected chi connectivity index (χ3v) is 5.26. The van der Waals surface area contributed by atoms with Gasteiger partial charge in [-0.3, -0.25) is 4.99 Å². The second kappa shape index (κ2) is 11.4. The predicted octanol–water partition coefficient (Wildman–Crippen LogP) is 2.78. The summed E-state index contributed by atoms with van der Waals surface area (Å²) in [6.07, 6.45) is 6.93. The third kappa shape index (κ3) is 6.33. The van der Waals surface area contributed by atoms with Gasteiger partial charge in [-0.25, -0.2) is 4.98 Å². The molecule has 0 bridgehead atoms. The van der Waals surface area contributed by atoms with Crippen LogP contribution in [-0.2, 0) is 11.2 Å². The van der Waals surface area contributed by atoms with E-state index in [0.29, 0.717) is 0 Å². The Hall–Kier alpha value is -1.81. The monoisotopic (exact) mass is 511 g/mol. The number of rotatable bonds is 6. The van der Waals surface area contributed by atoms with Gasteiger partial charge in [0.25, 0.3) is 0 Å². The van der Waals surface area contributed by atoms with Crippen LogP contribution in [0.4, 0.5) is 5.82 Å². The van der Waals surface area contributed by atoms with Crippen molar-refractivity contribution in [2.75, 3.05) is 50.8 Å². The first-order valence-corrected chi connectivity index (χ1v) is 10.2. The first-order valence-electron chi connectivity index (χ1n) is 10.2. The van der Waals surface area contributed by atoms with E-state index in [9.17, 15) is 0 Å². The molecule has 8 heteroatoms. The van der Waals surface area contributed by atoms with Gasteiger partial charge in [-0.15, -0.1) is 24.0 Å². The molecule has 7 nitrogen and oxygen atoms in total. The van der Waals surface area contributed by atoms with Crippen LogP contribution >= 0.6 is 24.0 Å². The Morgan fingerprint density at radius 3 is 2.76 bits per heavy atom. The van der Waals surface area contributed by atoms with Gasteiger partial charge in [0, 0.05) is 51.9 Å². The summed E-state index contributed by atoms with van der Waals surface area (Å²) in [5, 5.41) is 3.53. The summed E-state index contributed by atoms with van der Waals surface area (Å²) in [6.45, 7) is 6.13. The fourth-order valence-electron chi connectivity index (χ4n) is 3.68. The molecular weight excluding hydrogens is 481 g/mol. The lowest BCUT2D eigenvalue weighted by molar-refractivity contribution is 0.117. The van der Waals surface area contributed by atoms with Gasteiger partial charge in [-0.05, 0) is 37.1 Å². The van der Waals surface area contributed by atoms with Crippen molar-refractivity contribution >= 4 is 35.8 Å². The average molecular weight is 511 g/mol. The summed E-state index contributed by atoms with van der Waals surface area (Å²) < 4.78 is 11.2. The zero-order valence-electron chi connectivity index (χ0n) is 16.7. The van der Waals surface area contributed by atoms with Gasteiger partial charge in [-0.2, -0.15) is 0 Å². The molecule has 0 spiro atoms. The minimum absolute atomic E-state index is 0. The number of nitrogens with one attached hydrogen (secondary N) is 1. The quantitative estimate of drug-likeness (QED) is 0.366. The zero-order chi connectivity index (χ0) is 19.0. The predicted molar refractivity (Wildman–Crippen MR) is 125 cm³/mol. The van der Waals surface area contributed by atoms with Gasteiger partial charge in [0.05, 0.1) is 18.9 Å². The fourth-order valence-corrected chi connectivity index (χ4v) is 3.68. The molecule has 0 aliphatic carbocycles. The van der Waals surface area contributed by atoms with Crippen LogP contribution in [0.5, 0.6) is 0 Å². The second-order valence-electron chi connectivity index (χ2n) is 7.22. The lowest BCUT2D eigenvalue weighted by atomic mass is 10.2. The van der Waals surface area contributed by atoms with E-state index in [1.165, 1.54) is 0 Å². The van der Waals surface area contributed by atoms with Crippen molar-refractivity contribution in [3.63, 3.8) is 0 Å². The van der Waals surface area contributed by atoms with Crippen molar-refractivity contribution in [3.8, 4) is 0 Å². The maximum Gasteiger partial charge on any atom is 0.194 e. The lowest BCUT2D eigenvalue weighted by Gasteiger charge is -2.37. The van der Waals surface area contributed by atoms with Crippen LogP contribution in [0, 0.1) is 0 Å². The van der Waals surface area contributed by atoms with E-state index in [0.717, 1.165) is 82.7 Å². The van der Waals surface area contributed by atoms with Gasteiger partial charge < -0.3 is 24.3 Å². The van der Waals surface area contributed by atoms with E-state index in [-0.39, 0.29) is 30.1 Å². The fraction of sp³-hybridized carbons (Fsp3) is 0.524. The Kier molecular flexibility index (Phi) is 8.60. The Bertz CT molecular complexity index is 727. The molecule has 158 valence electrons. The van der Waals surface area contributed by atoms with Crippen LogP contribution in [0.2, 0.25) is 0 Å². The van der Waals surface area contributed by atoms with Crippen LogP contribution in [0.1, 0.15) is 18.6 Å². The van der Waals surface area contributed by atoms with Crippen molar-refractivity contribution < 1.29 is 9.15 Å².